The molecule has 0 saturated heterocycles. The molecule has 3 rings (SSSR count). The molecule has 1 aromatic heterocycles. The van der Waals surface area contributed by atoms with Gasteiger partial charge in [-0.1, -0.05) is 30.3 Å². The predicted octanol–water partition coefficient (Wildman–Crippen LogP) is 4.52. The molecule has 0 atom stereocenters. The molecule has 0 spiro atoms. The number of halogens is 1. The van der Waals surface area contributed by atoms with Crippen LogP contribution in [0.15, 0.2) is 71.3 Å². The quantitative estimate of drug-likeness (QED) is 0.736. The van der Waals surface area contributed by atoms with E-state index in [1.54, 1.807) is 23.3 Å². The van der Waals surface area contributed by atoms with Crippen LogP contribution in [-0.4, -0.2) is 10.9 Å². The van der Waals surface area contributed by atoms with Crippen molar-refractivity contribution < 1.29 is 13.6 Å². The van der Waals surface area contributed by atoms with Crippen LogP contribution in [0.5, 0.6) is 0 Å². The van der Waals surface area contributed by atoms with Crippen molar-refractivity contribution >= 4 is 11.7 Å². The number of anilines is 1. The summed E-state index contributed by atoms with van der Waals surface area (Å²) in [7, 11) is 0. The Labute approximate surface area is 150 Å². The zero-order chi connectivity index (χ0) is 18.4. The van der Waals surface area contributed by atoms with E-state index in [-0.39, 0.29) is 17.8 Å². The van der Waals surface area contributed by atoms with Gasteiger partial charge in [-0.05, 0) is 35.9 Å². The number of hydrogen-bond acceptors (Lipinski definition) is 3. The third-order valence-electron chi connectivity index (χ3n) is 3.77. The van der Waals surface area contributed by atoms with E-state index in [2.05, 4.69) is 5.32 Å². The van der Waals surface area contributed by atoms with Crippen molar-refractivity contribution in [3.8, 4) is 6.07 Å². The van der Waals surface area contributed by atoms with Crippen molar-refractivity contribution in [1.82, 2.24) is 4.90 Å². The van der Waals surface area contributed by atoms with Gasteiger partial charge in [0.15, 0.2) is 0 Å². The van der Waals surface area contributed by atoms with E-state index in [1.165, 1.54) is 12.1 Å². The zero-order valence-corrected chi connectivity index (χ0v) is 13.9. The summed E-state index contributed by atoms with van der Waals surface area (Å²) in [6, 6.07) is 18.2. The number of rotatable bonds is 5. The molecule has 2 aromatic carbocycles. The second kappa shape index (κ2) is 7.99. The van der Waals surface area contributed by atoms with Crippen molar-refractivity contribution in [1.29, 1.82) is 5.26 Å². The van der Waals surface area contributed by atoms with E-state index in [0.717, 1.165) is 11.6 Å². The molecule has 1 N–H and O–H groups in total. The Kier molecular flexibility index (Phi) is 5.30. The molecule has 1 heterocycles. The van der Waals surface area contributed by atoms with Crippen LogP contribution in [0.3, 0.4) is 0 Å². The average Bonchev–Trinajstić information content (AvgIpc) is 3.16. The van der Waals surface area contributed by atoms with E-state index >= 15 is 0 Å². The lowest BCUT2D eigenvalue weighted by atomic mass is 10.2. The number of carbonyl (C=O) groups is 1. The molecule has 0 aliphatic heterocycles. The first kappa shape index (κ1) is 17.2. The fourth-order valence-corrected chi connectivity index (χ4v) is 2.51. The van der Waals surface area contributed by atoms with Gasteiger partial charge in [-0.2, -0.15) is 5.26 Å². The van der Waals surface area contributed by atoms with Crippen molar-refractivity contribution in [3.05, 3.63) is 89.6 Å². The fraction of sp³-hybridized carbons (Fsp3) is 0.100. The maximum atomic E-state index is 13.3. The maximum absolute atomic E-state index is 13.3. The second-order valence-electron chi connectivity index (χ2n) is 5.65. The van der Waals surface area contributed by atoms with Crippen LogP contribution in [0, 0.1) is 17.1 Å². The summed E-state index contributed by atoms with van der Waals surface area (Å²) in [5.74, 6) is 0.104. The van der Waals surface area contributed by atoms with Gasteiger partial charge in [0.25, 0.3) is 0 Å². The van der Waals surface area contributed by atoms with E-state index in [0.29, 0.717) is 12.3 Å². The molecule has 0 saturated carbocycles. The van der Waals surface area contributed by atoms with E-state index in [4.69, 9.17) is 9.68 Å². The Balaban J connectivity index is 1.81. The van der Waals surface area contributed by atoms with Gasteiger partial charge >= 0.3 is 6.03 Å². The predicted molar refractivity (Wildman–Crippen MR) is 94.5 cm³/mol. The van der Waals surface area contributed by atoms with Crippen molar-refractivity contribution in [3.63, 3.8) is 0 Å². The normalized spacial score (nSPS) is 10.2. The molecular formula is C20H16FN3O2. The smallest absolute Gasteiger partial charge is 0.322 e. The first-order valence-corrected chi connectivity index (χ1v) is 7.97. The lowest BCUT2D eigenvalue weighted by Crippen LogP contribution is -2.34. The Morgan fingerprint density at radius 3 is 2.62 bits per heavy atom. The summed E-state index contributed by atoms with van der Waals surface area (Å²) < 4.78 is 18.6. The third-order valence-corrected chi connectivity index (χ3v) is 3.77. The Morgan fingerprint density at radius 2 is 1.92 bits per heavy atom. The number of hydrogen-bond donors (Lipinski definition) is 1. The van der Waals surface area contributed by atoms with Crippen LogP contribution in [0.4, 0.5) is 14.9 Å². The largest absolute Gasteiger partial charge is 0.467 e. The van der Waals surface area contributed by atoms with Crippen LogP contribution in [-0.2, 0) is 13.1 Å². The van der Waals surface area contributed by atoms with Gasteiger partial charge in [0.1, 0.15) is 17.6 Å². The van der Waals surface area contributed by atoms with Crippen molar-refractivity contribution in [2.75, 3.05) is 5.32 Å². The summed E-state index contributed by atoms with van der Waals surface area (Å²) in [5.41, 5.74) is 1.28. The van der Waals surface area contributed by atoms with Gasteiger partial charge in [0.05, 0.1) is 24.1 Å². The molecule has 5 nitrogen and oxygen atoms in total. The van der Waals surface area contributed by atoms with Gasteiger partial charge < -0.3 is 14.6 Å². The molecule has 2 amide bonds. The summed E-state index contributed by atoms with van der Waals surface area (Å²) in [6.07, 6.45) is 1.54. The van der Waals surface area contributed by atoms with Gasteiger partial charge in [-0.25, -0.2) is 9.18 Å². The Hall–Kier alpha value is -3.59. The molecule has 0 aliphatic carbocycles. The number of carbonyl (C=O) groups excluding carboxylic acids is 1. The number of furan rings is 1. The molecule has 3 aromatic rings. The number of amides is 2. The summed E-state index contributed by atoms with van der Waals surface area (Å²) in [5, 5.41) is 11.8. The Bertz CT molecular complexity index is 918. The number of nitriles is 1. The number of nitrogens with zero attached hydrogens (tertiary/aromatic N) is 2. The molecular weight excluding hydrogens is 333 g/mol. The first-order chi connectivity index (χ1) is 12.7. The van der Waals surface area contributed by atoms with Crippen LogP contribution in [0.2, 0.25) is 0 Å². The minimum atomic E-state index is -0.531. The summed E-state index contributed by atoms with van der Waals surface area (Å²) in [6.45, 7) is 0.618. The topological polar surface area (TPSA) is 69.3 Å². The molecule has 0 radical (unpaired) electrons. The third kappa shape index (κ3) is 4.28. The first-order valence-electron chi connectivity index (χ1n) is 7.97. The lowest BCUT2D eigenvalue weighted by molar-refractivity contribution is 0.201. The highest BCUT2D eigenvalue weighted by molar-refractivity contribution is 5.90. The summed E-state index contributed by atoms with van der Waals surface area (Å²) in [4.78, 5) is 14.3. The zero-order valence-electron chi connectivity index (χ0n) is 13.9. The van der Waals surface area contributed by atoms with E-state index in [9.17, 15) is 9.18 Å². The monoisotopic (exact) mass is 349 g/mol. The average molecular weight is 349 g/mol. The molecule has 0 aliphatic rings. The Morgan fingerprint density at radius 1 is 1.12 bits per heavy atom. The second-order valence-corrected chi connectivity index (χ2v) is 5.65. The van der Waals surface area contributed by atoms with Gasteiger partial charge in [0, 0.05) is 6.54 Å². The number of nitrogens with one attached hydrogen (secondary N) is 1. The number of urea groups is 1. The highest BCUT2D eigenvalue weighted by Gasteiger charge is 2.17. The minimum Gasteiger partial charge on any atom is -0.467 e. The lowest BCUT2D eigenvalue weighted by Gasteiger charge is -2.22. The SMILES string of the molecule is N#Cc1cc(F)ccc1NC(=O)N(Cc1ccccc1)Cc1ccco1. The van der Waals surface area contributed by atoms with Crippen molar-refractivity contribution in [2.45, 2.75) is 13.1 Å². The van der Waals surface area contributed by atoms with Crippen LogP contribution in [0.1, 0.15) is 16.9 Å². The molecule has 0 fully saturated rings. The highest BCUT2D eigenvalue weighted by Crippen LogP contribution is 2.18. The van der Waals surface area contributed by atoms with Gasteiger partial charge in [-0.15, -0.1) is 0 Å². The van der Waals surface area contributed by atoms with Gasteiger partial charge in [0.2, 0.25) is 0 Å². The number of benzene rings is 2. The molecule has 0 unspecified atom stereocenters. The molecule has 6 heteroatoms. The molecule has 26 heavy (non-hydrogen) atoms. The maximum Gasteiger partial charge on any atom is 0.322 e. The van der Waals surface area contributed by atoms with Crippen molar-refractivity contribution in [2.24, 2.45) is 0 Å². The molecule has 0 bridgehead atoms. The standard InChI is InChI=1S/C20H16FN3O2/c21-17-8-9-19(16(11-17)12-22)23-20(25)24(14-18-7-4-10-26-18)13-15-5-2-1-3-6-15/h1-11H,13-14H2,(H,23,25). The highest BCUT2D eigenvalue weighted by atomic mass is 19.1. The van der Waals surface area contributed by atoms with E-state index in [1.807, 2.05) is 36.4 Å². The fourth-order valence-electron chi connectivity index (χ4n) is 2.51. The minimum absolute atomic E-state index is 0.0657. The summed E-state index contributed by atoms with van der Waals surface area (Å²) >= 11 is 0. The van der Waals surface area contributed by atoms with Crippen LogP contribution >= 0.6 is 0 Å². The van der Waals surface area contributed by atoms with Crippen LogP contribution < -0.4 is 5.32 Å². The van der Waals surface area contributed by atoms with Crippen LogP contribution in [0.25, 0.3) is 0 Å². The van der Waals surface area contributed by atoms with Gasteiger partial charge in [-0.3, -0.25) is 0 Å². The molecule has 130 valence electrons. The van der Waals surface area contributed by atoms with E-state index < -0.39 is 11.8 Å².